The first kappa shape index (κ1) is 9.66. The highest BCUT2D eigenvalue weighted by Crippen LogP contribution is 2.33. The van der Waals surface area contributed by atoms with E-state index in [-0.39, 0.29) is 0 Å². The Kier molecular flexibility index (Phi) is 3.14. The standard InChI is InChI=1S/C12H18N2/c1-13-12(9-10-5-4-6-10)11-7-2-3-8-14-11/h2-3,7-8,10,12-13H,4-6,9H2,1H3. The van der Waals surface area contributed by atoms with E-state index in [0.29, 0.717) is 6.04 Å². The molecule has 1 atom stereocenters. The maximum absolute atomic E-state index is 4.40. The van der Waals surface area contributed by atoms with Gasteiger partial charge < -0.3 is 5.32 Å². The Labute approximate surface area is 85.7 Å². The summed E-state index contributed by atoms with van der Waals surface area (Å²) in [6.45, 7) is 0. The van der Waals surface area contributed by atoms with E-state index in [2.05, 4.69) is 22.4 Å². The molecule has 0 spiro atoms. The number of rotatable bonds is 4. The second-order valence-electron chi connectivity index (χ2n) is 4.13. The van der Waals surface area contributed by atoms with Crippen LogP contribution in [0.25, 0.3) is 0 Å². The molecular weight excluding hydrogens is 172 g/mol. The molecule has 0 saturated heterocycles. The van der Waals surface area contributed by atoms with Crippen LogP contribution in [0.3, 0.4) is 0 Å². The van der Waals surface area contributed by atoms with Gasteiger partial charge in [0, 0.05) is 12.2 Å². The first-order chi connectivity index (χ1) is 6.90. The fourth-order valence-corrected chi connectivity index (χ4v) is 2.03. The molecule has 0 amide bonds. The van der Waals surface area contributed by atoms with Crippen molar-refractivity contribution in [2.75, 3.05) is 7.05 Å². The minimum Gasteiger partial charge on any atom is -0.312 e. The Bertz CT molecular complexity index is 267. The molecule has 1 unspecified atom stereocenters. The lowest BCUT2D eigenvalue weighted by molar-refractivity contribution is 0.264. The summed E-state index contributed by atoms with van der Waals surface area (Å²) in [5.74, 6) is 0.925. The van der Waals surface area contributed by atoms with Crippen molar-refractivity contribution >= 4 is 0 Å². The summed E-state index contributed by atoms with van der Waals surface area (Å²) < 4.78 is 0. The zero-order chi connectivity index (χ0) is 9.80. The quantitative estimate of drug-likeness (QED) is 0.789. The minimum atomic E-state index is 0.446. The van der Waals surface area contributed by atoms with Crippen molar-refractivity contribution in [3.05, 3.63) is 30.1 Å². The zero-order valence-corrected chi connectivity index (χ0v) is 8.74. The van der Waals surface area contributed by atoms with Crippen molar-refractivity contribution in [1.29, 1.82) is 0 Å². The normalized spacial score (nSPS) is 18.9. The predicted octanol–water partition coefficient (Wildman–Crippen LogP) is 2.53. The number of nitrogens with one attached hydrogen (secondary N) is 1. The lowest BCUT2D eigenvalue weighted by Crippen LogP contribution is -2.23. The van der Waals surface area contributed by atoms with E-state index in [0.717, 1.165) is 5.92 Å². The van der Waals surface area contributed by atoms with Crippen LogP contribution in [0.15, 0.2) is 24.4 Å². The van der Waals surface area contributed by atoms with E-state index in [4.69, 9.17) is 0 Å². The number of hydrogen-bond acceptors (Lipinski definition) is 2. The summed E-state index contributed by atoms with van der Waals surface area (Å²) in [7, 11) is 2.03. The number of hydrogen-bond donors (Lipinski definition) is 1. The van der Waals surface area contributed by atoms with E-state index in [1.807, 2.05) is 19.3 Å². The van der Waals surface area contributed by atoms with Crippen molar-refractivity contribution in [1.82, 2.24) is 10.3 Å². The lowest BCUT2D eigenvalue weighted by Gasteiger charge is -2.29. The van der Waals surface area contributed by atoms with Crippen LogP contribution in [0, 0.1) is 5.92 Å². The molecule has 14 heavy (non-hydrogen) atoms. The highest BCUT2D eigenvalue weighted by Gasteiger charge is 2.22. The molecule has 1 fully saturated rings. The summed E-state index contributed by atoms with van der Waals surface area (Å²) in [4.78, 5) is 4.40. The van der Waals surface area contributed by atoms with Crippen molar-refractivity contribution in [3.63, 3.8) is 0 Å². The number of nitrogens with zero attached hydrogens (tertiary/aromatic N) is 1. The van der Waals surface area contributed by atoms with Gasteiger partial charge in [0.2, 0.25) is 0 Å². The van der Waals surface area contributed by atoms with Crippen LogP contribution >= 0.6 is 0 Å². The Hall–Kier alpha value is -0.890. The van der Waals surface area contributed by atoms with E-state index in [9.17, 15) is 0 Å². The van der Waals surface area contributed by atoms with Crippen molar-refractivity contribution in [2.24, 2.45) is 5.92 Å². The summed E-state index contributed by atoms with van der Waals surface area (Å²) >= 11 is 0. The average Bonchev–Trinajstić information content (AvgIpc) is 2.18. The molecular formula is C12H18N2. The second-order valence-corrected chi connectivity index (χ2v) is 4.13. The smallest absolute Gasteiger partial charge is 0.0573 e. The molecule has 2 rings (SSSR count). The summed E-state index contributed by atoms with van der Waals surface area (Å²) in [6.07, 6.45) is 7.35. The Morgan fingerprint density at radius 3 is 2.86 bits per heavy atom. The summed E-state index contributed by atoms with van der Waals surface area (Å²) in [6, 6.07) is 6.59. The van der Waals surface area contributed by atoms with Gasteiger partial charge in [-0.05, 0) is 31.5 Å². The third kappa shape index (κ3) is 2.13. The largest absolute Gasteiger partial charge is 0.312 e. The van der Waals surface area contributed by atoms with Crippen LogP contribution in [0.1, 0.15) is 37.4 Å². The number of pyridine rings is 1. The van der Waals surface area contributed by atoms with Crippen LogP contribution in [-0.4, -0.2) is 12.0 Å². The van der Waals surface area contributed by atoms with E-state index in [1.54, 1.807) is 0 Å². The van der Waals surface area contributed by atoms with Gasteiger partial charge in [-0.25, -0.2) is 0 Å². The molecule has 1 heterocycles. The molecule has 2 nitrogen and oxygen atoms in total. The SMILES string of the molecule is CNC(CC1CCC1)c1ccccn1. The van der Waals surface area contributed by atoms with Gasteiger partial charge in [0.1, 0.15) is 0 Å². The summed E-state index contributed by atoms with van der Waals surface area (Å²) in [5.41, 5.74) is 1.18. The zero-order valence-electron chi connectivity index (χ0n) is 8.74. The minimum absolute atomic E-state index is 0.446. The Balaban J connectivity index is 1.98. The molecule has 2 heteroatoms. The van der Waals surface area contributed by atoms with Crippen LogP contribution in [0.2, 0.25) is 0 Å². The molecule has 1 aliphatic carbocycles. The molecule has 1 aromatic heterocycles. The molecule has 0 radical (unpaired) electrons. The maximum Gasteiger partial charge on any atom is 0.0573 e. The van der Waals surface area contributed by atoms with Gasteiger partial charge in [-0.3, -0.25) is 4.98 Å². The molecule has 1 saturated carbocycles. The van der Waals surface area contributed by atoms with Gasteiger partial charge in [0.25, 0.3) is 0 Å². The molecule has 76 valence electrons. The molecule has 1 aromatic rings. The van der Waals surface area contributed by atoms with Gasteiger partial charge in [-0.2, -0.15) is 0 Å². The fraction of sp³-hybridized carbons (Fsp3) is 0.583. The van der Waals surface area contributed by atoms with Crippen LogP contribution < -0.4 is 5.32 Å². The van der Waals surface area contributed by atoms with Crippen molar-refractivity contribution in [2.45, 2.75) is 31.7 Å². The van der Waals surface area contributed by atoms with Crippen LogP contribution in [0.4, 0.5) is 0 Å². The second kappa shape index (κ2) is 4.56. The monoisotopic (exact) mass is 190 g/mol. The van der Waals surface area contributed by atoms with Gasteiger partial charge in [-0.15, -0.1) is 0 Å². The van der Waals surface area contributed by atoms with Crippen LogP contribution in [-0.2, 0) is 0 Å². The lowest BCUT2D eigenvalue weighted by atomic mass is 9.80. The van der Waals surface area contributed by atoms with Gasteiger partial charge >= 0.3 is 0 Å². The number of aromatic nitrogens is 1. The molecule has 0 bridgehead atoms. The van der Waals surface area contributed by atoms with Gasteiger partial charge in [-0.1, -0.05) is 25.3 Å². The van der Waals surface area contributed by atoms with Gasteiger partial charge in [0.15, 0.2) is 0 Å². The Morgan fingerprint density at radius 2 is 2.36 bits per heavy atom. The first-order valence-electron chi connectivity index (χ1n) is 5.48. The first-order valence-corrected chi connectivity index (χ1v) is 5.48. The Morgan fingerprint density at radius 1 is 1.50 bits per heavy atom. The van der Waals surface area contributed by atoms with E-state index in [1.165, 1.54) is 31.4 Å². The topological polar surface area (TPSA) is 24.9 Å². The van der Waals surface area contributed by atoms with Crippen molar-refractivity contribution < 1.29 is 0 Å². The third-order valence-corrected chi connectivity index (χ3v) is 3.19. The molecule has 1 N–H and O–H groups in total. The molecule has 0 aliphatic heterocycles. The molecule has 1 aliphatic rings. The van der Waals surface area contributed by atoms with Crippen LogP contribution in [0.5, 0.6) is 0 Å². The third-order valence-electron chi connectivity index (χ3n) is 3.19. The predicted molar refractivity (Wildman–Crippen MR) is 58.0 cm³/mol. The summed E-state index contributed by atoms with van der Waals surface area (Å²) in [5, 5.41) is 3.35. The van der Waals surface area contributed by atoms with Crippen molar-refractivity contribution in [3.8, 4) is 0 Å². The average molecular weight is 190 g/mol. The highest BCUT2D eigenvalue weighted by molar-refractivity contribution is 5.08. The molecule has 0 aromatic carbocycles. The van der Waals surface area contributed by atoms with E-state index >= 15 is 0 Å². The highest BCUT2D eigenvalue weighted by atomic mass is 14.9. The van der Waals surface area contributed by atoms with Gasteiger partial charge in [0.05, 0.1) is 5.69 Å². The maximum atomic E-state index is 4.40. The van der Waals surface area contributed by atoms with E-state index < -0.39 is 0 Å². The fourth-order valence-electron chi connectivity index (χ4n) is 2.03.